The van der Waals surface area contributed by atoms with E-state index in [1.807, 2.05) is 25.1 Å². The fourth-order valence-corrected chi connectivity index (χ4v) is 3.23. The number of halogens is 1. The van der Waals surface area contributed by atoms with Crippen molar-refractivity contribution in [3.05, 3.63) is 58.9 Å². The predicted octanol–water partition coefficient (Wildman–Crippen LogP) is 5.68. The van der Waals surface area contributed by atoms with E-state index in [1.165, 1.54) is 7.11 Å². The highest BCUT2D eigenvalue weighted by Crippen LogP contribution is 2.25. The van der Waals surface area contributed by atoms with E-state index in [9.17, 15) is 9.18 Å². The largest absolute Gasteiger partial charge is 0.493 e. The fraction of sp³-hybridized carbons (Fsp3) is 0.480. The number of hydrogen-bond donors (Lipinski definition) is 0. The molecule has 0 bridgehead atoms. The molecule has 0 radical (unpaired) electrons. The molecular formula is C25H33FO4. The van der Waals surface area contributed by atoms with Crippen molar-refractivity contribution in [1.82, 2.24) is 0 Å². The number of ether oxygens (including phenoxy) is 3. The summed E-state index contributed by atoms with van der Waals surface area (Å²) >= 11 is 0. The number of carbonyl (C=O) groups excluding carboxylic acids is 1. The van der Waals surface area contributed by atoms with E-state index in [-0.39, 0.29) is 11.8 Å². The number of unbranched alkanes of at least 4 members (excludes halogenated alkanes) is 1. The first kappa shape index (κ1) is 23.7. The van der Waals surface area contributed by atoms with Gasteiger partial charge in [-0.1, -0.05) is 31.5 Å². The summed E-state index contributed by atoms with van der Waals surface area (Å²) in [5.74, 6) is 0.655. The fourth-order valence-electron chi connectivity index (χ4n) is 3.23. The number of carbonyl (C=O) groups is 1. The van der Waals surface area contributed by atoms with Gasteiger partial charge in [0.1, 0.15) is 5.75 Å². The lowest BCUT2D eigenvalue weighted by Gasteiger charge is -2.14. The maximum absolute atomic E-state index is 14.0. The Morgan fingerprint density at radius 3 is 2.37 bits per heavy atom. The van der Waals surface area contributed by atoms with Gasteiger partial charge in [-0.15, -0.1) is 0 Å². The average molecular weight is 417 g/mol. The van der Waals surface area contributed by atoms with Gasteiger partial charge in [0.15, 0.2) is 11.6 Å². The molecule has 164 valence electrons. The third kappa shape index (κ3) is 7.69. The van der Waals surface area contributed by atoms with Crippen LogP contribution in [0.5, 0.6) is 11.5 Å². The molecule has 2 rings (SSSR count). The smallest absolute Gasteiger partial charge is 0.305 e. The van der Waals surface area contributed by atoms with Crippen LogP contribution in [0.2, 0.25) is 0 Å². The summed E-state index contributed by atoms with van der Waals surface area (Å²) in [4.78, 5) is 11.4. The standard InChI is InChI=1S/C25H33FO4/c1-4-6-16-30-24-18-20(12-15-25(27)28-3)10-13-21(24)9-7-8-19-11-14-23(29-5-2)22(26)17-19/h10-11,13-14,17-18H,4-9,12,15-16H2,1-3H3. The molecule has 4 nitrogen and oxygen atoms in total. The minimum absolute atomic E-state index is 0.213. The van der Waals surface area contributed by atoms with Crippen molar-refractivity contribution in [1.29, 1.82) is 0 Å². The maximum atomic E-state index is 14.0. The summed E-state index contributed by atoms with van der Waals surface area (Å²) in [5.41, 5.74) is 3.16. The Morgan fingerprint density at radius 2 is 1.67 bits per heavy atom. The van der Waals surface area contributed by atoms with E-state index in [0.717, 1.165) is 54.5 Å². The van der Waals surface area contributed by atoms with Gasteiger partial charge in [0, 0.05) is 6.42 Å². The molecule has 0 N–H and O–H groups in total. The Kier molecular flexibility index (Phi) is 10.2. The monoisotopic (exact) mass is 416 g/mol. The second kappa shape index (κ2) is 12.9. The molecule has 0 atom stereocenters. The van der Waals surface area contributed by atoms with Crippen molar-refractivity contribution in [3.63, 3.8) is 0 Å². The van der Waals surface area contributed by atoms with Gasteiger partial charge < -0.3 is 14.2 Å². The van der Waals surface area contributed by atoms with Gasteiger partial charge >= 0.3 is 5.97 Å². The molecule has 2 aromatic rings. The Morgan fingerprint density at radius 1 is 0.900 bits per heavy atom. The van der Waals surface area contributed by atoms with E-state index < -0.39 is 0 Å². The number of benzene rings is 2. The first-order valence-electron chi connectivity index (χ1n) is 10.8. The van der Waals surface area contributed by atoms with Crippen molar-refractivity contribution >= 4 is 5.97 Å². The molecule has 5 heteroatoms. The van der Waals surface area contributed by atoms with Crippen LogP contribution < -0.4 is 9.47 Å². The SMILES string of the molecule is CCCCOc1cc(CCC(=O)OC)ccc1CCCc1ccc(OCC)c(F)c1. The quantitative estimate of drug-likeness (QED) is 0.311. The van der Waals surface area contributed by atoms with Crippen molar-refractivity contribution in [2.24, 2.45) is 0 Å². The molecule has 0 saturated carbocycles. The summed E-state index contributed by atoms with van der Waals surface area (Å²) in [6.45, 7) is 5.10. The van der Waals surface area contributed by atoms with Gasteiger partial charge in [0.05, 0.1) is 20.3 Å². The molecule has 2 aromatic carbocycles. The van der Waals surface area contributed by atoms with E-state index >= 15 is 0 Å². The predicted molar refractivity (Wildman–Crippen MR) is 117 cm³/mol. The normalized spacial score (nSPS) is 10.7. The van der Waals surface area contributed by atoms with Crippen LogP contribution in [0.4, 0.5) is 4.39 Å². The van der Waals surface area contributed by atoms with Gasteiger partial charge in [-0.05, 0) is 73.9 Å². The van der Waals surface area contributed by atoms with E-state index in [0.29, 0.717) is 31.8 Å². The molecule has 0 aliphatic carbocycles. The van der Waals surface area contributed by atoms with Crippen LogP contribution in [0.3, 0.4) is 0 Å². The molecule has 30 heavy (non-hydrogen) atoms. The lowest BCUT2D eigenvalue weighted by molar-refractivity contribution is -0.140. The number of rotatable bonds is 13. The van der Waals surface area contributed by atoms with Crippen molar-refractivity contribution < 1.29 is 23.4 Å². The Labute approximate surface area is 179 Å². The zero-order valence-electron chi connectivity index (χ0n) is 18.3. The van der Waals surface area contributed by atoms with Gasteiger partial charge in [-0.2, -0.15) is 0 Å². The number of esters is 1. The minimum Gasteiger partial charge on any atom is -0.493 e. The minimum atomic E-state index is -0.312. The lowest BCUT2D eigenvalue weighted by atomic mass is 10.0. The highest BCUT2D eigenvalue weighted by Gasteiger charge is 2.09. The van der Waals surface area contributed by atoms with E-state index in [2.05, 4.69) is 13.0 Å². The zero-order chi connectivity index (χ0) is 21.8. The maximum Gasteiger partial charge on any atom is 0.305 e. The molecule has 0 aliphatic rings. The Balaban J connectivity index is 2.00. The van der Waals surface area contributed by atoms with Crippen LogP contribution >= 0.6 is 0 Å². The highest BCUT2D eigenvalue weighted by molar-refractivity contribution is 5.69. The van der Waals surface area contributed by atoms with Crippen LogP contribution in [-0.4, -0.2) is 26.3 Å². The van der Waals surface area contributed by atoms with Crippen LogP contribution in [0.25, 0.3) is 0 Å². The second-order valence-electron chi connectivity index (χ2n) is 7.27. The van der Waals surface area contributed by atoms with E-state index in [1.54, 1.807) is 12.1 Å². The number of methoxy groups -OCH3 is 1. The van der Waals surface area contributed by atoms with Crippen LogP contribution in [-0.2, 0) is 28.8 Å². The van der Waals surface area contributed by atoms with Gasteiger partial charge in [0.25, 0.3) is 0 Å². The second-order valence-corrected chi connectivity index (χ2v) is 7.27. The molecule has 0 saturated heterocycles. The molecule has 0 spiro atoms. The van der Waals surface area contributed by atoms with Gasteiger partial charge in [-0.25, -0.2) is 4.39 Å². The third-order valence-electron chi connectivity index (χ3n) is 4.94. The van der Waals surface area contributed by atoms with Crippen LogP contribution in [0.15, 0.2) is 36.4 Å². The molecule has 0 amide bonds. The van der Waals surface area contributed by atoms with Crippen molar-refractivity contribution in [2.45, 2.75) is 58.8 Å². The average Bonchev–Trinajstić information content (AvgIpc) is 2.75. The molecular weight excluding hydrogens is 383 g/mol. The van der Waals surface area contributed by atoms with E-state index in [4.69, 9.17) is 14.2 Å². The molecule has 0 aliphatic heterocycles. The molecule has 0 heterocycles. The highest BCUT2D eigenvalue weighted by atomic mass is 19.1. The lowest BCUT2D eigenvalue weighted by Crippen LogP contribution is -2.04. The zero-order valence-corrected chi connectivity index (χ0v) is 18.3. The summed E-state index contributed by atoms with van der Waals surface area (Å²) in [6.07, 6.45) is 5.56. The summed E-state index contributed by atoms with van der Waals surface area (Å²) in [6, 6.07) is 11.3. The van der Waals surface area contributed by atoms with Crippen LogP contribution in [0, 0.1) is 5.82 Å². The van der Waals surface area contributed by atoms with Crippen LogP contribution in [0.1, 0.15) is 56.2 Å². The summed E-state index contributed by atoms with van der Waals surface area (Å²) in [5, 5.41) is 0. The summed E-state index contributed by atoms with van der Waals surface area (Å²) in [7, 11) is 1.40. The molecule has 0 unspecified atom stereocenters. The Bertz CT molecular complexity index is 804. The van der Waals surface area contributed by atoms with Crippen molar-refractivity contribution in [3.8, 4) is 11.5 Å². The van der Waals surface area contributed by atoms with Gasteiger partial charge in [-0.3, -0.25) is 4.79 Å². The third-order valence-corrected chi connectivity index (χ3v) is 4.94. The molecule has 0 fully saturated rings. The topological polar surface area (TPSA) is 44.8 Å². The number of aryl methyl sites for hydroxylation is 3. The summed E-state index contributed by atoms with van der Waals surface area (Å²) < 4.78 is 30.1. The van der Waals surface area contributed by atoms with Crippen molar-refractivity contribution in [2.75, 3.05) is 20.3 Å². The first-order valence-corrected chi connectivity index (χ1v) is 10.8. The van der Waals surface area contributed by atoms with Gasteiger partial charge in [0.2, 0.25) is 0 Å². The first-order chi connectivity index (χ1) is 14.6. The molecule has 0 aromatic heterocycles. The number of hydrogen-bond acceptors (Lipinski definition) is 4. The Hall–Kier alpha value is -2.56.